The van der Waals surface area contributed by atoms with E-state index < -0.39 is 32.5 Å². The first-order valence-electron chi connectivity index (χ1n) is 8.63. The zero-order valence-corrected chi connectivity index (χ0v) is 17.4. The summed E-state index contributed by atoms with van der Waals surface area (Å²) in [6.45, 7) is 1.48. The van der Waals surface area contributed by atoms with Crippen molar-refractivity contribution in [2.75, 3.05) is 5.32 Å². The van der Waals surface area contributed by atoms with Gasteiger partial charge < -0.3 is 9.50 Å². The predicted molar refractivity (Wildman–Crippen MR) is 111 cm³/mol. The van der Waals surface area contributed by atoms with Crippen LogP contribution >= 0.6 is 11.6 Å². The molecule has 1 N–H and O–H groups in total. The molecule has 0 heterocycles. The van der Waals surface area contributed by atoms with Crippen LogP contribution in [0.2, 0.25) is 5.02 Å². The lowest BCUT2D eigenvalue weighted by molar-refractivity contribution is -0.385. The quantitative estimate of drug-likeness (QED) is 0.320. The minimum atomic E-state index is -4.36. The number of anilines is 1. The number of nitro groups is 1. The van der Waals surface area contributed by atoms with Gasteiger partial charge in [0.05, 0.1) is 10.6 Å². The SMILES string of the molecule is Cc1ccc([N+](=O)[O-])cc1S(=O)(=O)Oc1ccc(C(=O)Nc2ccc(Cl)cc2F)cc1. The molecule has 3 aromatic carbocycles. The fraction of sp³-hybridized carbons (Fsp3) is 0.0500. The van der Waals surface area contributed by atoms with Gasteiger partial charge in [-0.25, -0.2) is 4.39 Å². The molecular formula is C20H14ClFN2O6S. The Hall–Kier alpha value is -3.50. The van der Waals surface area contributed by atoms with Crippen molar-refractivity contribution in [1.29, 1.82) is 0 Å². The van der Waals surface area contributed by atoms with Crippen molar-refractivity contribution in [3.05, 3.63) is 92.7 Å². The molecule has 160 valence electrons. The molecule has 3 rings (SSSR count). The number of nitrogens with zero attached hydrogens (tertiary/aromatic N) is 1. The topological polar surface area (TPSA) is 116 Å². The Morgan fingerprint density at radius 3 is 2.39 bits per heavy atom. The van der Waals surface area contributed by atoms with Gasteiger partial charge >= 0.3 is 10.1 Å². The van der Waals surface area contributed by atoms with Crippen molar-refractivity contribution >= 4 is 39.0 Å². The van der Waals surface area contributed by atoms with Gasteiger partial charge in [-0.05, 0) is 55.0 Å². The van der Waals surface area contributed by atoms with E-state index in [9.17, 15) is 27.7 Å². The monoisotopic (exact) mass is 464 g/mol. The summed E-state index contributed by atoms with van der Waals surface area (Å²) in [6, 6.07) is 12.2. The highest BCUT2D eigenvalue weighted by molar-refractivity contribution is 7.87. The van der Waals surface area contributed by atoms with E-state index in [1.54, 1.807) is 0 Å². The number of halogens is 2. The molecule has 11 heteroatoms. The van der Waals surface area contributed by atoms with Gasteiger partial charge in [-0.2, -0.15) is 8.42 Å². The van der Waals surface area contributed by atoms with Crippen LogP contribution in [-0.4, -0.2) is 19.2 Å². The van der Waals surface area contributed by atoms with Crippen molar-refractivity contribution in [3.8, 4) is 5.75 Å². The number of nitro benzene ring substituents is 1. The van der Waals surface area contributed by atoms with Crippen LogP contribution in [-0.2, 0) is 10.1 Å². The highest BCUT2D eigenvalue weighted by Gasteiger charge is 2.23. The van der Waals surface area contributed by atoms with Crippen molar-refractivity contribution < 1.29 is 26.7 Å². The zero-order chi connectivity index (χ0) is 22.8. The summed E-state index contributed by atoms with van der Waals surface area (Å²) in [4.78, 5) is 22.1. The lowest BCUT2D eigenvalue weighted by atomic mass is 10.2. The number of rotatable bonds is 6. The molecule has 0 radical (unpaired) electrons. The summed E-state index contributed by atoms with van der Waals surface area (Å²) in [5.41, 5.74) is -0.0788. The number of aryl methyl sites for hydroxylation is 1. The summed E-state index contributed by atoms with van der Waals surface area (Å²) in [5.74, 6) is -1.45. The van der Waals surface area contributed by atoms with Gasteiger partial charge in [0.15, 0.2) is 0 Å². The molecule has 31 heavy (non-hydrogen) atoms. The van der Waals surface area contributed by atoms with Crippen LogP contribution in [0.25, 0.3) is 0 Å². The van der Waals surface area contributed by atoms with E-state index in [4.69, 9.17) is 15.8 Å². The van der Waals surface area contributed by atoms with E-state index in [-0.39, 0.29) is 32.5 Å². The van der Waals surface area contributed by atoms with Gasteiger partial charge in [-0.1, -0.05) is 17.7 Å². The maximum atomic E-state index is 13.8. The van der Waals surface area contributed by atoms with Gasteiger partial charge in [0.25, 0.3) is 11.6 Å². The Kier molecular flexibility index (Phi) is 6.23. The van der Waals surface area contributed by atoms with Crippen LogP contribution in [0.5, 0.6) is 5.75 Å². The third-order valence-electron chi connectivity index (χ3n) is 4.15. The second kappa shape index (κ2) is 8.70. The minimum absolute atomic E-state index is 0.0709. The number of non-ortho nitro benzene ring substituents is 1. The first-order valence-corrected chi connectivity index (χ1v) is 10.4. The average Bonchev–Trinajstić information content (AvgIpc) is 2.70. The van der Waals surface area contributed by atoms with Crippen molar-refractivity contribution in [2.24, 2.45) is 0 Å². The van der Waals surface area contributed by atoms with E-state index in [2.05, 4.69) is 5.32 Å². The summed E-state index contributed by atoms with van der Waals surface area (Å²) in [5, 5.41) is 13.5. The minimum Gasteiger partial charge on any atom is -0.379 e. The Balaban J connectivity index is 1.78. The molecule has 0 atom stereocenters. The zero-order valence-electron chi connectivity index (χ0n) is 15.8. The molecule has 0 fully saturated rings. The standard InChI is InChI=1S/C20H14ClFN2O6S/c1-12-2-6-15(24(26)27)11-19(12)31(28,29)30-16-7-3-13(4-8-16)20(25)23-18-9-5-14(21)10-17(18)22/h2-11H,1H3,(H,23,25). The van der Waals surface area contributed by atoms with E-state index in [1.807, 2.05) is 0 Å². The molecule has 0 aliphatic carbocycles. The summed E-state index contributed by atoms with van der Waals surface area (Å²) < 4.78 is 43.9. The van der Waals surface area contributed by atoms with E-state index in [1.165, 1.54) is 55.5 Å². The van der Waals surface area contributed by atoms with Gasteiger partial charge in [-0.15, -0.1) is 0 Å². The Bertz CT molecular complexity index is 1280. The molecule has 0 saturated carbocycles. The predicted octanol–water partition coefficient (Wildman–Crippen LogP) is 4.72. The fourth-order valence-corrected chi connectivity index (χ4v) is 3.93. The number of hydrogen-bond acceptors (Lipinski definition) is 6. The van der Waals surface area contributed by atoms with Crippen LogP contribution in [0, 0.1) is 22.9 Å². The van der Waals surface area contributed by atoms with Crippen LogP contribution in [0.1, 0.15) is 15.9 Å². The van der Waals surface area contributed by atoms with Crippen molar-refractivity contribution in [3.63, 3.8) is 0 Å². The molecule has 0 bridgehead atoms. The van der Waals surface area contributed by atoms with Crippen molar-refractivity contribution in [1.82, 2.24) is 0 Å². The molecule has 0 spiro atoms. The van der Waals surface area contributed by atoms with Gasteiger partial charge in [0, 0.05) is 22.7 Å². The van der Waals surface area contributed by atoms with Crippen LogP contribution < -0.4 is 9.50 Å². The van der Waals surface area contributed by atoms with Crippen molar-refractivity contribution in [2.45, 2.75) is 11.8 Å². The summed E-state index contributed by atoms with van der Waals surface area (Å²) in [6.07, 6.45) is 0. The van der Waals surface area contributed by atoms with Crippen LogP contribution in [0.4, 0.5) is 15.8 Å². The Labute approximate surface area is 181 Å². The second-order valence-electron chi connectivity index (χ2n) is 6.35. The summed E-state index contributed by atoms with van der Waals surface area (Å²) >= 11 is 5.67. The third kappa shape index (κ3) is 5.16. The number of carbonyl (C=O) groups is 1. The number of hydrogen-bond donors (Lipinski definition) is 1. The first-order chi connectivity index (χ1) is 14.6. The number of benzene rings is 3. The highest BCUT2D eigenvalue weighted by atomic mass is 35.5. The maximum Gasteiger partial charge on any atom is 0.339 e. The van der Waals surface area contributed by atoms with E-state index in [0.717, 1.165) is 12.1 Å². The van der Waals surface area contributed by atoms with Crippen LogP contribution in [0.3, 0.4) is 0 Å². The molecule has 0 saturated heterocycles. The van der Waals surface area contributed by atoms with Gasteiger partial charge in [-0.3, -0.25) is 14.9 Å². The van der Waals surface area contributed by atoms with Crippen LogP contribution in [0.15, 0.2) is 65.6 Å². The fourth-order valence-electron chi connectivity index (χ4n) is 2.59. The Morgan fingerprint density at radius 1 is 1.10 bits per heavy atom. The molecular weight excluding hydrogens is 451 g/mol. The normalized spacial score (nSPS) is 11.1. The lowest BCUT2D eigenvalue weighted by Crippen LogP contribution is -2.14. The van der Waals surface area contributed by atoms with Gasteiger partial charge in [0.1, 0.15) is 16.5 Å². The highest BCUT2D eigenvalue weighted by Crippen LogP contribution is 2.26. The van der Waals surface area contributed by atoms with E-state index >= 15 is 0 Å². The maximum absolute atomic E-state index is 13.8. The number of carbonyl (C=O) groups excluding carboxylic acids is 1. The molecule has 8 nitrogen and oxygen atoms in total. The van der Waals surface area contributed by atoms with E-state index in [0.29, 0.717) is 0 Å². The molecule has 0 aliphatic heterocycles. The largest absolute Gasteiger partial charge is 0.379 e. The smallest absolute Gasteiger partial charge is 0.339 e. The third-order valence-corrected chi connectivity index (χ3v) is 5.78. The molecule has 0 aromatic heterocycles. The van der Waals surface area contributed by atoms with Gasteiger partial charge in [0.2, 0.25) is 0 Å². The Morgan fingerprint density at radius 2 is 1.77 bits per heavy atom. The first kappa shape index (κ1) is 22.2. The molecule has 0 unspecified atom stereocenters. The average molecular weight is 465 g/mol. The molecule has 1 amide bonds. The lowest BCUT2D eigenvalue weighted by Gasteiger charge is -2.10. The summed E-state index contributed by atoms with van der Waals surface area (Å²) in [7, 11) is -4.36. The number of nitrogens with one attached hydrogen (secondary N) is 1. The molecule has 3 aromatic rings. The number of amides is 1. The molecule has 0 aliphatic rings. The second-order valence-corrected chi connectivity index (χ2v) is 8.30.